The Hall–Kier alpha value is -2.92. The number of fused-ring (bicyclic) bond motifs is 1. The molecule has 2 N–H and O–H groups in total. The summed E-state index contributed by atoms with van der Waals surface area (Å²) in [6, 6.07) is 14.1. The van der Waals surface area contributed by atoms with E-state index in [-0.39, 0.29) is 11.8 Å². The van der Waals surface area contributed by atoms with Gasteiger partial charge < -0.3 is 10.6 Å². The molecule has 1 aromatic heterocycles. The molecular formula is C19H16ClN3O2. The Kier molecular flexibility index (Phi) is 4.67. The Bertz CT molecular complexity index is 968. The van der Waals surface area contributed by atoms with Gasteiger partial charge in [-0.15, -0.1) is 0 Å². The van der Waals surface area contributed by atoms with E-state index in [0.29, 0.717) is 27.7 Å². The Balaban J connectivity index is 1.84. The molecule has 0 unspecified atom stereocenters. The van der Waals surface area contributed by atoms with E-state index in [1.54, 1.807) is 49.4 Å². The molecule has 0 saturated heterocycles. The molecule has 2 amide bonds. The number of carbonyl (C=O) groups is 2. The largest absolute Gasteiger partial charge is 0.326 e. The fraction of sp³-hybridized carbons (Fsp3) is 0.105. The second-order valence-electron chi connectivity index (χ2n) is 5.67. The quantitative estimate of drug-likeness (QED) is 0.732. The molecule has 3 aromatic rings. The van der Waals surface area contributed by atoms with Crippen LogP contribution in [0, 0.1) is 6.92 Å². The summed E-state index contributed by atoms with van der Waals surface area (Å²) in [6.07, 6.45) is 0. The van der Waals surface area contributed by atoms with Gasteiger partial charge in [0.25, 0.3) is 5.91 Å². The number of benzene rings is 2. The Morgan fingerprint density at radius 2 is 1.60 bits per heavy atom. The van der Waals surface area contributed by atoms with Crippen LogP contribution < -0.4 is 10.6 Å². The van der Waals surface area contributed by atoms with E-state index in [1.165, 1.54) is 6.92 Å². The van der Waals surface area contributed by atoms with E-state index >= 15 is 0 Å². The van der Waals surface area contributed by atoms with Crippen LogP contribution in [0.25, 0.3) is 10.9 Å². The molecule has 3 rings (SSSR count). The molecule has 1 heterocycles. The number of aryl methyl sites for hydroxylation is 1. The van der Waals surface area contributed by atoms with Crippen LogP contribution in [-0.2, 0) is 4.79 Å². The first kappa shape index (κ1) is 16.9. The smallest absolute Gasteiger partial charge is 0.257 e. The number of nitrogens with zero attached hydrogens (tertiary/aromatic N) is 1. The highest BCUT2D eigenvalue weighted by Crippen LogP contribution is 2.22. The summed E-state index contributed by atoms with van der Waals surface area (Å²) >= 11 is 6.01. The minimum Gasteiger partial charge on any atom is -0.326 e. The van der Waals surface area contributed by atoms with Crippen LogP contribution in [-0.4, -0.2) is 16.8 Å². The lowest BCUT2D eigenvalue weighted by molar-refractivity contribution is -0.114. The monoisotopic (exact) mass is 353 g/mol. The van der Waals surface area contributed by atoms with E-state index < -0.39 is 0 Å². The molecule has 0 bridgehead atoms. The van der Waals surface area contributed by atoms with Crippen molar-refractivity contribution in [2.75, 3.05) is 10.6 Å². The van der Waals surface area contributed by atoms with Gasteiger partial charge in [-0.3, -0.25) is 14.6 Å². The maximum absolute atomic E-state index is 12.6. The number of aromatic nitrogens is 1. The van der Waals surface area contributed by atoms with Crippen LogP contribution >= 0.6 is 11.6 Å². The predicted molar refractivity (Wildman–Crippen MR) is 100 cm³/mol. The fourth-order valence-corrected chi connectivity index (χ4v) is 2.69. The lowest BCUT2D eigenvalue weighted by Gasteiger charge is -2.10. The van der Waals surface area contributed by atoms with Gasteiger partial charge in [-0.1, -0.05) is 11.6 Å². The van der Waals surface area contributed by atoms with Crippen molar-refractivity contribution in [2.45, 2.75) is 13.8 Å². The molecule has 0 aliphatic rings. The van der Waals surface area contributed by atoms with E-state index in [1.807, 2.05) is 6.07 Å². The van der Waals surface area contributed by atoms with Crippen molar-refractivity contribution >= 4 is 45.7 Å². The first-order valence-corrected chi connectivity index (χ1v) is 8.06. The Labute approximate surface area is 150 Å². The van der Waals surface area contributed by atoms with E-state index in [0.717, 1.165) is 10.9 Å². The zero-order valence-corrected chi connectivity index (χ0v) is 14.5. The van der Waals surface area contributed by atoms with Crippen LogP contribution in [0.5, 0.6) is 0 Å². The molecule has 0 aliphatic carbocycles. The maximum atomic E-state index is 12.6. The summed E-state index contributed by atoms with van der Waals surface area (Å²) < 4.78 is 0. The average molecular weight is 354 g/mol. The molecule has 0 spiro atoms. The highest BCUT2D eigenvalue weighted by atomic mass is 35.5. The molecule has 0 saturated carbocycles. The SMILES string of the molecule is CC(=O)Nc1ccc(NC(=O)c2cc3cc(Cl)ccc3nc2C)cc1. The Morgan fingerprint density at radius 3 is 2.24 bits per heavy atom. The van der Waals surface area contributed by atoms with E-state index in [2.05, 4.69) is 15.6 Å². The summed E-state index contributed by atoms with van der Waals surface area (Å²) in [5, 5.41) is 6.92. The van der Waals surface area contributed by atoms with Gasteiger partial charge in [0.2, 0.25) is 5.91 Å². The molecule has 0 radical (unpaired) electrons. The van der Waals surface area contributed by atoms with Crippen LogP contribution in [0.15, 0.2) is 48.5 Å². The number of rotatable bonds is 3. The first-order chi connectivity index (χ1) is 11.9. The number of nitrogens with one attached hydrogen (secondary N) is 2. The molecule has 25 heavy (non-hydrogen) atoms. The van der Waals surface area contributed by atoms with Gasteiger partial charge in [0.15, 0.2) is 0 Å². The molecule has 2 aromatic carbocycles. The fourth-order valence-electron chi connectivity index (χ4n) is 2.51. The number of hydrogen-bond donors (Lipinski definition) is 2. The van der Waals surface area contributed by atoms with Gasteiger partial charge in [0, 0.05) is 28.7 Å². The number of halogens is 1. The number of anilines is 2. The van der Waals surface area contributed by atoms with Crippen molar-refractivity contribution in [1.82, 2.24) is 4.98 Å². The topological polar surface area (TPSA) is 71.1 Å². The second kappa shape index (κ2) is 6.91. The third-order valence-electron chi connectivity index (χ3n) is 3.68. The summed E-state index contributed by atoms with van der Waals surface area (Å²) in [5.74, 6) is -0.396. The van der Waals surface area contributed by atoms with Crippen LogP contribution in [0.4, 0.5) is 11.4 Å². The second-order valence-corrected chi connectivity index (χ2v) is 6.11. The van der Waals surface area contributed by atoms with Crippen molar-refractivity contribution in [3.05, 3.63) is 64.8 Å². The van der Waals surface area contributed by atoms with Crippen LogP contribution in [0.3, 0.4) is 0 Å². The number of carbonyl (C=O) groups excluding carboxylic acids is 2. The molecule has 0 aliphatic heterocycles. The van der Waals surface area contributed by atoms with Crippen LogP contribution in [0.2, 0.25) is 5.02 Å². The third kappa shape index (κ3) is 3.95. The minimum absolute atomic E-state index is 0.145. The number of hydrogen-bond acceptors (Lipinski definition) is 3. The van der Waals surface area contributed by atoms with Crippen molar-refractivity contribution in [1.29, 1.82) is 0 Å². The highest BCUT2D eigenvalue weighted by Gasteiger charge is 2.12. The predicted octanol–water partition coefficient (Wildman–Crippen LogP) is 4.41. The third-order valence-corrected chi connectivity index (χ3v) is 3.91. The van der Waals surface area contributed by atoms with Crippen LogP contribution in [0.1, 0.15) is 23.0 Å². The van der Waals surface area contributed by atoms with Gasteiger partial charge in [-0.25, -0.2) is 0 Å². The Morgan fingerprint density at radius 1 is 0.960 bits per heavy atom. The van der Waals surface area contributed by atoms with Crippen molar-refractivity contribution in [3.8, 4) is 0 Å². The minimum atomic E-state index is -0.251. The van der Waals surface area contributed by atoms with Gasteiger partial charge in [-0.05, 0) is 55.5 Å². The molecule has 126 valence electrons. The first-order valence-electron chi connectivity index (χ1n) is 7.68. The van der Waals surface area contributed by atoms with Crippen molar-refractivity contribution in [3.63, 3.8) is 0 Å². The van der Waals surface area contributed by atoms with Crippen molar-refractivity contribution < 1.29 is 9.59 Å². The summed E-state index contributed by atoms with van der Waals surface area (Å²) in [5.41, 5.74) is 3.22. The lowest BCUT2D eigenvalue weighted by Crippen LogP contribution is -2.14. The molecular weight excluding hydrogens is 338 g/mol. The van der Waals surface area contributed by atoms with E-state index in [9.17, 15) is 9.59 Å². The molecule has 0 atom stereocenters. The summed E-state index contributed by atoms with van der Waals surface area (Å²) in [6.45, 7) is 3.24. The zero-order valence-electron chi connectivity index (χ0n) is 13.8. The van der Waals surface area contributed by atoms with E-state index in [4.69, 9.17) is 11.6 Å². The normalized spacial score (nSPS) is 10.5. The number of amides is 2. The highest BCUT2D eigenvalue weighted by molar-refractivity contribution is 6.31. The van der Waals surface area contributed by atoms with Crippen molar-refractivity contribution in [2.24, 2.45) is 0 Å². The zero-order chi connectivity index (χ0) is 18.0. The maximum Gasteiger partial charge on any atom is 0.257 e. The summed E-state index contributed by atoms with van der Waals surface area (Å²) in [7, 11) is 0. The number of pyridine rings is 1. The van der Waals surface area contributed by atoms with Gasteiger partial charge >= 0.3 is 0 Å². The average Bonchev–Trinajstić information content (AvgIpc) is 2.56. The van der Waals surface area contributed by atoms with Gasteiger partial charge in [0.05, 0.1) is 16.8 Å². The standard InChI is InChI=1S/C19H16ClN3O2/c1-11-17(10-13-9-14(20)3-8-18(13)21-11)19(25)23-16-6-4-15(5-7-16)22-12(2)24/h3-10H,1-2H3,(H,22,24)(H,23,25). The van der Waals surface area contributed by atoms with Gasteiger partial charge in [0.1, 0.15) is 0 Å². The molecule has 0 fully saturated rings. The summed E-state index contributed by atoms with van der Waals surface area (Å²) in [4.78, 5) is 28.1. The lowest BCUT2D eigenvalue weighted by atomic mass is 10.1. The van der Waals surface area contributed by atoms with Gasteiger partial charge in [-0.2, -0.15) is 0 Å². The molecule has 5 nitrogen and oxygen atoms in total. The molecule has 6 heteroatoms.